The first-order chi connectivity index (χ1) is 15.3. The maximum absolute atomic E-state index is 12.6. The first-order valence-electron chi connectivity index (χ1n) is 10.1. The van der Waals surface area contributed by atoms with Gasteiger partial charge in [-0.05, 0) is 31.0 Å². The molecule has 0 radical (unpaired) electrons. The van der Waals surface area contributed by atoms with E-state index in [-0.39, 0.29) is 30.0 Å². The van der Waals surface area contributed by atoms with Crippen LogP contribution in [0, 0.1) is 0 Å². The lowest BCUT2D eigenvalue weighted by molar-refractivity contribution is -0.138. The molecule has 1 saturated heterocycles. The predicted octanol–water partition coefficient (Wildman–Crippen LogP) is 3.55. The number of ether oxygens (including phenoxy) is 1. The third-order valence-corrected chi connectivity index (χ3v) is 6.11. The average Bonchev–Trinajstić information content (AvgIpc) is 2.78. The van der Waals surface area contributed by atoms with Gasteiger partial charge in [0.15, 0.2) is 0 Å². The average molecular weight is 468 g/mol. The smallest absolute Gasteiger partial charge is 0.417 e. The molecular weight excluding hydrogens is 443 g/mol. The minimum atomic E-state index is -4.43. The van der Waals surface area contributed by atoms with E-state index in [1.165, 1.54) is 6.07 Å². The van der Waals surface area contributed by atoms with Crippen LogP contribution < -0.4 is 10.1 Å². The third-order valence-electron chi connectivity index (χ3n) is 5.16. The summed E-state index contributed by atoms with van der Waals surface area (Å²) in [6.07, 6.45) is -2.12. The van der Waals surface area contributed by atoms with Crippen LogP contribution in [0.4, 0.5) is 13.2 Å². The Labute approximate surface area is 188 Å². The van der Waals surface area contributed by atoms with Crippen molar-refractivity contribution < 1.29 is 27.5 Å². The predicted molar refractivity (Wildman–Crippen MR) is 114 cm³/mol. The number of likely N-dealkylation sites (tertiary alicyclic amines) is 1. The number of thioether (sulfide) groups is 1. The first kappa shape index (κ1) is 23.9. The number of amides is 2. The van der Waals surface area contributed by atoms with Crippen LogP contribution in [0.2, 0.25) is 0 Å². The van der Waals surface area contributed by atoms with Gasteiger partial charge in [0.05, 0.1) is 29.9 Å². The lowest BCUT2D eigenvalue weighted by atomic mass is 10.0. The minimum absolute atomic E-state index is 0.0169. The molecule has 0 bridgehead atoms. The van der Waals surface area contributed by atoms with Crippen LogP contribution in [0.1, 0.15) is 24.0 Å². The van der Waals surface area contributed by atoms with E-state index in [0.29, 0.717) is 36.7 Å². The van der Waals surface area contributed by atoms with Gasteiger partial charge in [0.2, 0.25) is 11.8 Å². The molecule has 0 spiro atoms. The summed E-state index contributed by atoms with van der Waals surface area (Å²) in [6.45, 7) is 1.10. The monoisotopic (exact) mass is 467 g/mol. The normalized spacial score (nSPS) is 14.8. The van der Waals surface area contributed by atoms with Crippen LogP contribution >= 0.6 is 11.8 Å². The molecule has 1 aromatic heterocycles. The first-order valence-corrected chi connectivity index (χ1v) is 11.1. The van der Waals surface area contributed by atoms with Crippen molar-refractivity contribution in [3.63, 3.8) is 0 Å². The van der Waals surface area contributed by atoms with Gasteiger partial charge in [-0.15, -0.1) is 0 Å². The molecule has 1 aliphatic rings. The molecule has 1 N–H and O–H groups in total. The maximum Gasteiger partial charge on any atom is 0.417 e. The number of carbonyl (C=O) groups is 2. The zero-order valence-electron chi connectivity index (χ0n) is 17.5. The highest BCUT2D eigenvalue weighted by molar-refractivity contribution is 7.99. The fourth-order valence-corrected chi connectivity index (χ4v) is 4.09. The second-order valence-electron chi connectivity index (χ2n) is 7.38. The number of aromatic nitrogens is 1. The molecule has 1 aliphatic heterocycles. The molecule has 6 nitrogen and oxygen atoms in total. The van der Waals surface area contributed by atoms with E-state index in [1.807, 2.05) is 24.3 Å². The van der Waals surface area contributed by atoms with Gasteiger partial charge in [-0.1, -0.05) is 30.0 Å². The number of nitrogens with zero attached hydrogens (tertiary/aromatic N) is 2. The fourth-order valence-electron chi connectivity index (χ4n) is 3.44. The second-order valence-corrected chi connectivity index (χ2v) is 8.38. The third kappa shape index (κ3) is 6.62. The summed E-state index contributed by atoms with van der Waals surface area (Å²) in [4.78, 5) is 30.4. The molecule has 2 heterocycles. The van der Waals surface area contributed by atoms with Crippen LogP contribution in [0.5, 0.6) is 5.75 Å². The van der Waals surface area contributed by atoms with Crippen LogP contribution in [0.3, 0.4) is 0 Å². The van der Waals surface area contributed by atoms with Crippen molar-refractivity contribution >= 4 is 23.6 Å². The topological polar surface area (TPSA) is 71.5 Å². The number of pyridine rings is 1. The van der Waals surface area contributed by atoms with Crippen molar-refractivity contribution in [2.45, 2.75) is 36.5 Å². The van der Waals surface area contributed by atoms with Gasteiger partial charge in [-0.3, -0.25) is 9.59 Å². The van der Waals surface area contributed by atoms with Gasteiger partial charge >= 0.3 is 6.18 Å². The Kier molecular flexibility index (Phi) is 8.00. The largest absolute Gasteiger partial charge is 0.496 e. The molecule has 172 valence electrons. The SMILES string of the molecule is COc1ccccc1CC(=O)N1CCC(NC(=O)CSc2ccc(C(F)(F)F)cn2)CC1. The maximum atomic E-state index is 12.6. The summed E-state index contributed by atoms with van der Waals surface area (Å²) in [5, 5.41) is 3.28. The number of nitrogens with one attached hydrogen (secondary N) is 1. The van der Waals surface area contributed by atoms with E-state index in [1.54, 1.807) is 12.0 Å². The lowest BCUT2D eigenvalue weighted by Crippen LogP contribution is -2.47. The number of alkyl halides is 3. The van der Waals surface area contributed by atoms with Gasteiger partial charge in [-0.25, -0.2) is 4.98 Å². The van der Waals surface area contributed by atoms with Crippen LogP contribution in [0.15, 0.2) is 47.6 Å². The zero-order chi connectivity index (χ0) is 23.1. The van der Waals surface area contributed by atoms with E-state index in [0.717, 1.165) is 29.6 Å². The molecule has 1 fully saturated rings. The molecule has 2 aromatic rings. The molecule has 3 rings (SSSR count). The number of methoxy groups -OCH3 is 1. The fraction of sp³-hybridized carbons (Fsp3) is 0.409. The van der Waals surface area contributed by atoms with Crippen molar-refractivity contribution in [3.05, 3.63) is 53.7 Å². The molecule has 0 saturated carbocycles. The van der Waals surface area contributed by atoms with E-state index in [2.05, 4.69) is 10.3 Å². The van der Waals surface area contributed by atoms with Crippen LogP contribution in [-0.2, 0) is 22.2 Å². The van der Waals surface area contributed by atoms with Crippen molar-refractivity contribution in [2.24, 2.45) is 0 Å². The highest BCUT2D eigenvalue weighted by Gasteiger charge is 2.30. The second kappa shape index (κ2) is 10.7. The van der Waals surface area contributed by atoms with Crippen molar-refractivity contribution in [1.29, 1.82) is 0 Å². The molecular formula is C22H24F3N3O3S. The lowest BCUT2D eigenvalue weighted by Gasteiger charge is -2.32. The van der Waals surface area contributed by atoms with Crippen molar-refractivity contribution in [1.82, 2.24) is 15.2 Å². The molecule has 0 unspecified atom stereocenters. The number of hydrogen-bond acceptors (Lipinski definition) is 5. The Bertz CT molecular complexity index is 930. The minimum Gasteiger partial charge on any atom is -0.496 e. The summed E-state index contributed by atoms with van der Waals surface area (Å²) < 4.78 is 43.0. The molecule has 2 amide bonds. The summed E-state index contributed by atoms with van der Waals surface area (Å²) in [6, 6.07) is 9.57. The number of hydrogen-bond donors (Lipinski definition) is 1. The number of carbonyl (C=O) groups excluding carboxylic acids is 2. The summed E-state index contributed by atoms with van der Waals surface area (Å²) in [5.41, 5.74) is 0.0163. The van der Waals surface area contributed by atoms with E-state index in [4.69, 9.17) is 4.74 Å². The Hall–Kier alpha value is -2.75. The quantitative estimate of drug-likeness (QED) is 0.631. The number of halogens is 3. The van der Waals surface area contributed by atoms with Gasteiger partial charge < -0.3 is 15.0 Å². The highest BCUT2D eigenvalue weighted by atomic mass is 32.2. The van der Waals surface area contributed by atoms with Gasteiger partial charge in [0, 0.05) is 30.9 Å². The van der Waals surface area contributed by atoms with Crippen molar-refractivity contribution in [2.75, 3.05) is 26.0 Å². The van der Waals surface area contributed by atoms with Gasteiger partial charge in [0.25, 0.3) is 0 Å². The Morgan fingerprint density at radius 2 is 1.91 bits per heavy atom. The van der Waals surface area contributed by atoms with Crippen LogP contribution in [-0.4, -0.2) is 53.7 Å². The Balaban J connectivity index is 1.40. The van der Waals surface area contributed by atoms with E-state index in [9.17, 15) is 22.8 Å². The number of rotatable bonds is 7. The molecule has 32 heavy (non-hydrogen) atoms. The van der Waals surface area contributed by atoms with Gasteiger partial charge in [0.1, 0.15) is 5.75 Å². The Morgan fingerprint density at radius 3 is 2.53 bits per heavy atom. The zero-order valence-corrected chi connectivity index (χ0v) is 18.3. The van der Waals surface area contributed by atoms with Crippen molar-refractivity contribution in [3.8, 4) is 5.75 Å². The molecule has 10 heteroatoms. The number of benzene rings is 1. The van der Waals surface area contributed by atoms with Gasteiger partial charge in [-0.2, -0.15) is 13.2 Å². The number of para-hydroxylation sites is 1. The van der Waals surface area contributed by atoms with E-state index >= 15 is 0 Å². The highest BCUT2D eigenvalue weighted by Crippen LogP contribution is 2.29. The summed E-state index contributed by atoms with van der Waals surface area (Å²) in [7, 11) is 1.57. The van der Waals surface area contributed by atoms with E-state index < -0.39 is 11.7 Å². The number of piperidine rings is 1. The van der Waals surface area contributed by atoms with Crippen LogP contribution in [0.25, 0.3) is 0 Å². The summed E-state index contributed by atoms with van der Waals surface area (Å²) >= 11 is 1.08. The molecule has 0 aliphatic carbocycles. The molecule has 0 atom stereocenters. The molecule has 1 aromatic carbocycles. The summed E-state index contributed by atoms with van der Waals surface area (Å²) in [5.74, 6) is 0.549. The standard InChI is InChI=1S/C22H24F3N3O3S/c1-31-18-5-3-2-4-15(18)12-21(30)28-10-8-17(9-11-28)27-19(29)14-32-20-7-6-16(13-26-20)22(23,24)25/h2-7,13,17H,8-12,14H2,1H3,(H,27,29). The Morgan fingerprint density at radius 1 is 1.19 bits per heavy atom.